The van der Waals surface area contributed by atoms with Gasteiger partial charge in [-0.3, -0.25) is 9.69 Å². The van der Waals surface area contributed by atoms with E-state index in [0.29, 0.717) is 12.1 Å². The van der Waals surface area contributed by atoms with Crippen molar-refractivity contribution in [2.75, 3.05) is 20.1 Å². The summed E-state index contributed by atoms with van der Waals surface area (Å²) in [4.78, 5) is 14.1. The minimum Gasteiger partial charge on any atom is -0.352 e. The summed E-state index contributed by atoms with van der Waals surface area (Å²) >= 11 is 0. The Kier molecular flexibility index (Phi) is 4.40. The number of carbonyl (C=O) groups excluding carboxylic acids is 1. The second-order valence-corrected chi connectivity index (χ2v) is 5.55. The van der Waals surface area contributed by atoms with Gasteiger partial charge < -0.3 is 10.6 Å². The Balaban J connectivity index is 1.72. The highest BCUT2D eigenvalue weighted by atomic mass is 16.2. The molecule has 0 aromatic carbocycles. The maximum Gasteiger partial charge on any atom is 0.237 e. The molecule has 0 aromatic heterocycles. The summed E-state index contributed by atoms with van der Waals surface area (Å²) in [7, 11) is 2.05. The predicted molar refractivity (Wildman–Crippen MR) is 68.9 cm³/mol. The van der Waals surface area contributed by atoms with Crippen LogP contribution in [0.3, 0.4) is 0 Å². The molecule has 0 radical (unpaired) electrons. The number of amides is 1. The molecule has 2 atom stereocenters. The Morgan fingerprint density at radius 1 is 1.41 bits per heavy atom. The zero-order chi connectivity index (χ0) is 12.3. The van der Waals surface area contributed by atoms with Crippen molar-refractivity contribution in [1.82, 2.24) is 15.5 Å². The van der Waals surface area contributed by atoms with Gasteiger partial charge in [0.05, 0.1) is 6.04 Å². The quantitative estimate of drug-likeness (QED) is 0.743. The molecule has 0 bridgehead atoms. The summed E-state index contributed by atoms with van der Waals surface area (Å²) in [5, 5.41) is 6.59. The van der Waals surface area contributed by atoms with Crippen molar-refractivity contribution in [3.05, 3.63) is 0 Å². The van der Waals surface area contributed by atoms with Gasteiger partial charge in [-0.1, -0.05) is 6.42 Å². The van der Waals surface area contributed by atoms with E-state index in [-0.39, 0.29) is 11.9 Å². The smallest absolute Gasteiger partial charge is 0.237 e. The van der Waals surface area contributed by atoms with Gasteiger partial charge in [0.2, 0.25) is 5.91 Å². The maximum absolute atomic E-state index is 11.9. The van der Waals surface area contributed by atoms with E-state index in [9.17, 15) is 4.79 Å². The van der Waals surface area contributed by atoms with Crippen LogP contribution in [-0.2, 0) is 4.79 Å². The molecule has 1 amide bonds. The molecule has 0 spiro atoms. The third kappa shape index (κ3) is 3.96. The SMILES string of the molecule is CC(C(=O)NC1CC1)N(C)CC1CCCCN1. The Labute approximate surface area is 104 Å². The van der Waals surface area contributed by atoms with Crippen molar-refractivity contribution < 1.29 is 4.79 Å². The van der Waals surface area contributed by atoms with Crippen LogP contribution in [0.5, 0.6) is 0 Å². The average Bonchev–Trinajstić information content (AvgIpc) is 3.13. The van der Waals surface area contributed by atoms with Gasteiger partial charge in [-0.2, -0.15) is 0 Å². The molecule has 4 nitrogen and oxygen atoms in total. The van der Waals surface area contributed by atoms with Crippen molar-refractivity contribution in [3.8, 4) is 0 Å². The lowest BCUT2D eigenvalue weighted by atomic mass is 10.0. The van der Waals surface area contributed by atoms with Crippen LogP contribution < -0.4 is 10.6 Å². The molecular formula is C13H25N3O. The van der Waals surface area contributed by atoms with Crippen molar-refractivity contribution in [2.45, 2.75) is 57.2 Å². The van der Waals surface area contributed by atoms with Gasteiger partial charge in [0.15, 0.2) is 0 Å². The standard InChI is InChI=1S/C13H25N3O/c1-10(13(17)15-11-6-7-11)16(2)9-12-5-3-4-8-14-12/h10-12,14H,3-9H2,1-2H3,(H,15,17). The molecule has 17 heavy (non-hydrogen) atoms. The fourth-order valence-electron chi connectivity index (χ4n) is 2.34. The zero-order valence-corrected chi connectivity index (χ0v) is 11.0. The zero-order valence-electron chi connectivity index (χ0n) is 11.0. The number of hydrogen-bond acceptors (Lipinski definition) is 3. The normalized spacial score (nSPS) is 26.9. The lowest BCUT2D eigenvalue weighted by Gasteiger charge is -2.31. The average molecular weight is 239 g/mol. The van der Waals surface area contributed by atoms with Gasteiger partial charge in [0.25, 0.3) is 0 Å². The first-order valence-electron chi connectivity index (χ1n) is 6.91. The summed E-state index contributed by atoms with van der Waals surface area (Å²) in [6.07, 6.45) is 6.16. The third-order valence-corrected chi connectivity index (χ3v) is 3.89. The van der Waals surface area contributed by atoms with Crippen LogP contribution in [0.15, 0.2) is 0 Å². The molecule has 4 heteroatoms. The Bertz CT molecular complexity index is 259. The minimum atomic E-state index is -0.0145. The second kappa shape index (κ2) is 5.83. The van der Waals surface area contributed by atoms with Crippen molar-refractivity contribution >= 4 is 5.91 Å². The van der Waals surface area contributed by atoms with E-state index in [2.05, 4.69) is 15.5 Å². The first-order chi connectivity index (χ1) is 8.16. The van der Waals surface area contributed by atoms with Crippen LogP contribution in [0, 0.1) is 0 Å². The van der Waals surface area contributed by atoms with E-state index in [1.807, 2.05) is 14.0 Å². The summed E-state index contributed by atoms with van der Waals surface area (Å²) in [6.45, 7) is 4.10. The predicted octanol–water partition coefficient (Wildman–Crippen LogP) is 0.727. The summed E-state index contributed by atoms with van der Waals surface area (Å²) in [5.41, 5.74) is 0. The first kappa shape index (κ1) is 12.8. The van der Waals surface area contributed by atoms with E-state index in [4.69, 9.17) is 0 Å². The lowest BCUT2D eigenvalue weighted by Crippen LogP contribution is -2.49. The van der Waals surface area contributed by atoms with Gasteiger partial charge in [-0.05, 0) is 46.2 Å². The molecule has 2 N–H and O–H groups in total. The molecule has 98 valence electrons. The molecule has 2 rings (SSSR count). The molecule has 1 aliphatic heterocycles. The molecule has 1 saturated heterocycles. The van der Waals surface area contributed by atoms with Crippen molar-refractivity contribution in [1.29, 1.82) is 0 Å². The van der Waals surface area contributed by atoms with Gasteiger partial charge in [0, 0.05) is 18.6 Å². The van der Waals surface area contributed by atoms with Gasteiger partial charge in [-0.15, -0.1) is 0 Å². The molecule has 1 heterocycles. The van der Waals surface area contributed by atoms with Crippen LogP contribution in [0.4, 0.5) is 0 Å². The summed E-state index contributed by atoms with van der Waals surface area (Å²) in [6, 6.07) is 1.01. The molecule has 1 aliphatic carbocycles. The van der Waals surface area contributed by atoms with Gasteiger partial charge >= 0.3 is 0 Å². The molecule has 2 unspecified atom stereocenters. The highest BCUT2D eigenvalue weighted by molar-refractivity contribution is 5.81. The topological polar surface area (TPSA) is 44.4 Å². The molecular weight excluding hydrogens is 214 g/mol. The van der Waals surface area contributed by atoms with E-state index < -0.39 is 0 Å². The number of nitrogens with one attached hydrogen (secondary N) is 2. The number of piperidine rings is 1. The van der Waals surface area contributed by atoms with Crippen LogP contribution in [-0.4, -0.2) is 49.1 Å². The molecule has 2 aliphatic rings. The minimum absolute atomic E-state index is 0.0145. The third-order valence-electron chi connectivity index (χ3n) is 3.89. The number of likely N-dealkylation sites (N-methyl/N-ethyl adjacent to an activating group) is 1. The molecule has 1 saturated carbocycles. The van der Waals surface area contributed by atoms with E-state index in [0.717, 1.165) is 25.9 Å². The van der Waals surface area contributed by atoms with Gasteiger partial charge in [0.1, 0.15) is 0 Å². The van der Waals surface area contributed by atoms with E-state index in [1.165, 1.54) is 19.3 Å². The molecule has 0 aromatic rings. The molecule has 2 fully saturated rings. The van der Waals surface area contributed by atoms with Gasteiger partial charge in [-0.25, -0.2) is 0 Å². The van der Waals surface area contributed by atoms with Crippen LogP contribution in [0.2, 0.25) is 0 Å². The Morgan fingerprint density at radius 3 is 2.76 bits per heavy atom. The van der Waals surface area contributed by atoms with E-state index in [1.54, 1.807) is 0 Å². The van der Waals surface area contributed by atoms with E-state index >= 15 is 0 Å². The summed E-state index contributed by atoms with van der Waals surface area (Å²) < 4.78 is 0. The second-order valence-electron chi connectivity index (χ2n) is 5.55. The monoisotopic (exact) mass is 239 g/mol. The number of rotatable bonds is 5. The van der Waals surface area contributed by atoms with Crippen LogP contribution in [0.1, 0.15) is 39.0 Å². The van der Waals surface area contributed by atoms with Crippen molar-refractivity contribution in [2.24, 2.45) is 0 Å². The fraction of sp³-hybridized carbons (Fsp3) is 0.923. The van der Waals surface area contributed by atoms with Crippen LogP contribution >= 0.6 is 0 Å². The number of hydrogen-bond donors (Lipinski definition) is 2. The highest BCUT2D eigenvalue weighted by Gasteiger charge is 2.28. The lowest BCUT2D eigenvalue weighted by molar-refractivity contribution is -0.125. The summed E-state index contributed by atoms with van der Waals surface area (Å²) in [5.74, 6) is 0.186. The number of carbonyl (C=O) groups is 1. The first-order valence-corrected chi connectivity index (χ1v) is 6.91. The van der Waals surface area contributed by atoms with Crippen molar-refractivity contribution in [3.63, 3.8) is 0 Å². The van der Waals surface area contributed by atoms with Crippen LogP contribution in [0.25, 0.3) is 0 Å². The fourth-order valence-corrected chi connectivity index (χ4v) is 2.34. The Hall–Kier alpha value is -0.610. The Morgan fingerprint density at radius 2 is 2.18 bits per heavy atom. The maximum atomic E-state index is 11.9. The largest absolute Gasteiger partial charge is 0.352 e. The highest BCUT2D eigenvalue weighted by Crippen LogP contribution is 2.19. The number of nitrogens with zero attached hydrogens (tertiary/aromatic N) is 1.